The quantitative estimate of drug-likeness (QED) is 0.721. The van der Waals surface area contributed by atoms with E-state index in [1.165, 1.54) is 0 Å². The van der Waals surface area contributed by atoms with E-state index in [9.17, 15) is 0 Å². The molecule has 2 rings (SSSR count). The molecular formula is C7H6BrN3. The molecule has 0 spiro atoms. The summed E-state index contributed by atoms with van der Waals surface area (Å²) < 4.78 is 2.55. The maximum Gasteiger partial charge on any atom is 0.139 e. The molecule has 0 amide bonds. The normalized spacial score (nSPS) is 10.6. The van der Waals surface area contributed by atoms with E-state index in [1.54, 1.807) is 10.7 Å². The van der Waals surface area contributed by atoms with E-state index >= 15 is 0 Å². The first-order valence-electron chi connectivity index (χ1n) is 3.17. The van der Waals surface area contributed by atoms with E-state index in [4.69, 9.17) is 5.73 Å². The molecule has 0 saturated heterocycles. The SMILES string of the molecule is Nc1c(Br)ccc2ccnn12. The maximum atomic E-state index is 5.72. The van der Waals surface area contributed by atoms with E-state index in [0.29, 0.717) is 5.82 Å². The third-order valence-electron chi connectivity index (χ3n) is 1.55. The van der Waals surface area contributed by atoms with Crippen LogP contribution in [0.1, 0.15) is 0 Å². The fourth-order valence-electron chi connectivity index (χ4n) is 0.986. The Labute approximate surface area is 71.9 Å². The molecular weight excluding hydrogens is 206 g/mol. The molecule has 0 radical (unpaired) electrons. The number of aromatic nitrogens is 2. The predicted molar refractivity (Wildman–Crippen MR) is 47.3 cm³/mol. The van der Waals surface area contributed by atoms with Gasteiger partial charge in [0.15, 0.2) is 0 Å². The van der Waals surface area contributed by atoms with Crippen LogP contribution in [0, 0.1) is 0 Å². The second-order valence-electron chi connectivity index (χ2n) is 2.23. The summed E-state index contributed by atoms with van der Waals surface area (Å²) in [5.41, 5.74) is 6.72. The van der Waals surface area contributed by atoms with Crippen LogP contribution in [0.2, 0.25) is 0 Å². The Hall–Kier alpha value is -1.03. The molecule has 56 valence electrons. The second kappa shape index (κ2) is 2.23. The zero-order valence-corrected chi connectivity index (χ0v) is 7.25. The van der Waals surface area contributed by atoms with Crippen molar-refractivity contribution in [3.63, 3.8) is 0 Å². The molecule has 2 aromatic rings. The number of rotatable bonds is 0. The number of halogens is 1. The van der Waals surface area contributed by atoms with Crippen LogP contribution in [0.3, 0.4) is 0 Å². The van der Waals surface area contributed by atoms with E-state index < -0.39 is 0 Å². The average molecular weight is 212 g/mol. The summed E-state index contributed by atoms with van der Waals surface area (Å²) in [5, 5.41) is 4.04. The molecule has 0 aliphatic rings. The van der Waals surface area contributed by atoms with Gasteiger partial charge in [-0.2, -0.15) is 5.10 Å². The summed E-state index contributed by atoms with van der Waals surface area (Å²) in [5.74, 6) is 0.632. The minimum absolute atomic E-state index is 0.632. The van der Waals surface area contributed by atoms with E-state index in [0.717, 1.165) is 9.99 Å². The van der Waals surface area contributed by atoms with Gasteiger partial charge in [-0.15, -0.1) is 0 Å². The lowest BCUT2D eigenvalue weighted by molar-refractivity contribution is 0.970. The number of nitrogen functional groups attached to an aromatic ring is 1. The molecule has 0 saturated carbocycles. The predicted octanol–water partition coefficient (Wildman–Crippen LogP) is 1.68. The summed E-state index contributed by atoms with van der Waals surface area (Å²) >= 11 is 3.32. The van der Waals surface area contributed by atoms with Gasteiger partial charge in [0, 0.05) is 0 Å². The van der Waals surface area contributed by atoms with Crippen LogP contribution >= 0.6 is 15.9 Å². The van der Waals surface area contributed by atoms with Crippen molar-refractivity contribution in [3.8, 4) is 0 Å². The first-order chi connectivity index (χ1) is 5.29. The summed E-state index contributed by atoms with van der Waals surface area (Å²) in [6.45, 7) is 0. The maximum absolute atomic E-state index is 5.72. The molecule has 4 heteroatoms. The van der Waals surface area contributed by atoms with Gasteiger partial charge >= 0.3 is 0 Å². The van der Waals surface area contributed by atoms with Crippen molar-refractivity contribution in [3.05, 3.63) is 28.9 Å². The Morgan fingerprint density at radius 2 is 2.18 bits per heavy atom. The Morgan fingerprint density at radius 3 is 3.00 bits per heavy atom. The van der Waals surface area contributed by atoms with Gasteiger partial charge in [-0.1, -0.05) is 0 Å². The highest BCUT2D eigenvalue weighted by Crippen LogP contribution is 2.19. The van der Waals surface area contributed by atoms with Crippen molar-refractivity contribution in [2.75, 3.05) is 5.73 Å². The standard InChI is InChI=1S/C7H6BrN3/c8-6-2-1-5-3-4-10-11(5)7(6)9/h1-4H,9H2. The molecule has 2 N–H and O–H groups in total. The van der Waals surface area contributed by atoms with Gasteiger partial charge in [0.2, 0.25) is 0 Å². The van der Waals surface area contributed by atoms with E-state index in [1.807, 2.05) is 18.2 Å². The largest absolute Gasteiger partial charge is 0.383 e. The van der Waals surface area contributed by atoms with Crippen molar-refractivity contribution in [2.24, 2.45) is 0 Å². The van der Waals surface area contributed by atoms with Crippen LogP contribution < -0.4 is 5.73 Å². The number of nitrogens with two attached hydrogens (primary N) is 1. The summed E-state index contributed by atoms with van der Waals surface area (Å²) in [4.78, 5) is 0. The van der Waals surface area contributed by atoms with Gasteiger partial charge in [-0.3, -0.25) is 0 Å². The van der Waals surface area contributed by atoms with Crippen LogP contribution in [0.25, 0.3) is 5.52 Å². The Kier molecular flexibility index (Phi) is 1.35. The number of hydrogen-bond donors (Lipinski definition) is 1. The lowest BCUT2D eigenvalue weighted by atomic mass is 10.4. The lowest BCUT2D eigenvalue weighted by Crippen LogP contribution is -1.98. The summed E-state index contributed by atoms with van der Waals surface area (Å²) in [6, 6.07) is 5.77. The first-order valence-corrected chi connectivity index (χ1v) is 3.96. The van der Waals surface area contributed by atoms with Gasteiger partial charge in [0.25, 0.3) is 0 Å². The molecule has 3 nitrogen and oxygen atoms in total. The topological polar surface area (TPSA) is 43.3 Å². The highest BCUT2D eigenvalue weighted by Gasteiger charge is 2.00. The number of fused-ring (bicyclic) bond motifs is 1. The van der Waals surface area contributed by atoms with Crippen LogP contribution in [-0.4, -0.2) is 9.61 Å². The number of anilines is 1. The van der Waals surface area contributed by atoms with Gasteiger partial charge in [0.1, 0.15) is 5.82 Å². The Morgan fingerprint density at radius 1 is 1.36 bits per heavy atom. The Balaban J connectivity index is 2.93. The van der Waals surface area contributed by atoms with Gasteiger partial charge in [-0.25, -0.2) is 4.52 Å². The molecule has 0 aromatic carbocycles. The third-order valence-corrected chi connectivity index (χ3v) is 2.22. The molecule has 11 heavy (non-hydrogen) atoms. The molecule has 0 fully saturated rings. The summed E-state index contributed by atoms with van der Waals surface area (Å²) in [6.07, 6.45) is 1.72. The third kappa shape index (κ3) is 0.903. The molecule has 0 unspecified atom stereocenters. The Bertz CT molecular complexity index is 393. The van der Waals surface area contributed by atoms with E-state index in [2.05, 4.69) is 21.0 Å². The monoisotopic (exact) mass is 211 g/mol. The fourth-order valence-corrected chi connectivity index (χ4v) is 1.29. The van der Waals surface area contributed by atoms with Gasteiger partial charge in [-0.05, 0) is 34.1 Å². The smallest absolute Gasteiger partial charge is 0.139 e. The average Bonchev–Trinajstić information content (AvgIpc) is 2.45. The number of hydrogen-bond acceptors (Lipinski definition) is 2. The van der Waals surface area contributed by atoms with Crippen LogP contribution in [0.5, 0.6) is 0 Å². The number of pyridine rings is 1. The van der Waals surface area contributed by atoms with Crippen LogP contribution in [0.4, 0.5) is 5.82 Å². The van der Waals surface area contributed by atoms with Gasteiger partial charge in [0.05, 0.1) is 16.2 Å². The fraction of sp³-hybridized carbons (Fsp3) is 0. The molecule has 0 atom stereocenters. The van der Waals surface area contributed by atoms with Crippen LogP contribution in [-0.2, 0) is 0 Å². The van der Waals surface area contributed by atoms with Gasteiger partial charge < -0.3 is 5.73 Å². The molecule has 2 heterocycles. The zero-order chi connectivity index (χ0) is 7.84. The minimum Gasteiger partial charge on any atom is -0.383 e. The number of nitrogens with zero attached hydrogens (tertiary/aromatic N) is 2. The van der Waals surface area contributed by atoms with Crippen molar-refractivity contribution < 1.29 is 0 Å². The molecule has 0 bridgehead atoms. The highest BCUT2D eigenvalue weighted by atomic mass is 79.9. The molecule has 0 aliphatic heterocycles. The van der Waals surface area contributed by atoms with Crippen molar-refractivity contribution >= 4 is 27.3 Å². The van der Waals surface area contributed by atoms with Crippen molar-refractivity contribution in [1.29, 1.82) is 0 Å². The zero-order valence-electron chi connectivity index (χ0n) is 5.66. The molecule has 2 aromatic heterocycles. The van der Waals surface area contributed by atoms with Crippen molar-refractivity contribution in [1.82, 2.24) is 9.61 Å². The second-order valence-corrected chi connectivity index (χ2v) is 3.09. The van der Waals surface area contributed by atoms with Crippen LogP contribution in [0.15, 0.2) is 28.9 Å². The summed E-state index contributed by atoms with van der Waals surface area (Å²) in [7, 11) is 0. The van der Waals surface area contributed by atoms with Crippen molar-refractivity contribution in [2.45, 2.75) is 0 Å². The minimum atomic E-state index is 0.632. The lowest BCUT2D eigenvalue weighted by Gasteiger charge is -1.99. The first kappa shape index (κ1) is 6.67. The van der Waals surface area contributed by atoms with E-state index in [-0.39, 0.29) is 0 Å². The highest BCUT2D eigenvalue weighted by molar-refractivity contribution is 9.10. The molecule has 0 aliphatic carbocycles.